The van der Waals surface area contributed by atoms with Crippen molar-refractivity contribution in [2.24, 2.45) is 0 Å². The van der Waals surface area contributed by atoms with E-state index in [-0.39, 0.29) is 30.8 Å². The van der Waals surface area contributed by atoms with Crippen molar-refractivity contribution >= 4 is 36.8 Å². The lowest BCUT2D eigenvalue weighted by molar-refractivity contribution is -0.155. The molecule has 5 N–H and O–H groups in total. The molecule has 210 valence electrons. The number of hydrogen-bond donors (Lipinski definition) is 5. The lowest BCUT2D eigenvalue weighted by Crippen LogP contribution is -2.63. The van der Waals surface area contributed by atoms with Crippen molar-refractivity contribution in [2.75, 3.05) is 13.1 Å². The number of piperazine rings is 1. The van der Waals surface area contributed by atoms with E-state index in [1.165, 1.54) is 30.0 Å². The Balaban J connectivity index is 1.60. The van der Waals surface area contributed by atoms with Crippen molar-refractivity contribution in [3.8, 4) is 11.5 Å². The summed E-state index contributed by atoms with van der Waals surface area (Å²) in [4.78, 5) is 68.6. The molecule has 3 heterocycles. The highest BCUT2D eigenvalue weighted by molar-refractivity contribution is 6.47. The molecule has 0 saturated carbocycles. The molecule has 5 amide bonds. The van der Waals surface area contributed by atoms with Gasteiger partial charge in [-0.15, -0.1) is 0 Å². The fourth-order valence-electron chi connectivity index (χ4n) is 4.57. The number of pyridine rings is 1. The number of amides is 5. The lowest BCUT2D eigenvalue weighted by atomic mass is 9.72. The second kappa shape index (κ2) is 11.2. The van der Waals surface area contributed by atoms with Crippen LogP contribution in [-0.4, -0.2) is 91.9 Å². The molecule has 1 aromatic heterocycles. The maximum Gasteiger partial charge on any atom is 0.547 e. The van der Waals surface area contributed by atoms with Crippen LogP contribution in [0.15, 0.2) is 30.5 Å². The number of imide groups is 1. The van der Waals surface area contributed by atoms with E-state index < -0.39 is 72.1 Å². The van der Waals surface area contributed by atoms with Gasteiger partial charge in [-0.1, -0.05) is 12.1 Å². The van der Waals surface area contributed by atoms with E-state index in [2.05, 4.69) is 15.6 Å². The van der Waals surface area contributed by atoms with Crippen molar-refractivity contribution in [1.82, 2.24) is 25.4 Å². The van der Waals surface area contributed by atoms with Crippen LogP contribution < -0.4 is 15.3 Å². The predicted octanol–water partition coefficient (Wildman–Crippen LogP) is -0.406. The Morgan fingerprint density at radius 3 is 2.65 bits per heavy atom. The standard InChI is InChI=1S/C24H25BFN5O9/c1-3-30-10-11(2)31(22(35)21(30)34)24(38)29-18(17-15(26)8-13(32)9-27-17)20(33)28-16-7-12-5-4-6-14(23(36)37)19(12)40-25(16)39/h4-6,8-9,11,16,18,32,39H,3,7,10H2,1-2H3,(H,28,33)(H,29,38)(H,36,37)/t11?,16-,18?/m0/s1. The summed E-state index contributed by atoms with van der Waals surface area (Å²) in [6.07, 6.45) is 0.753. The SMILES string of the molecule is CCN1CC(C)N(C(=O)NC(C(=O)N[C@H]2Cc3cccc(C(=O)O)c3OB2O)c2ncc(O)cc2F)C(=O)C1=O. The monoisotopic (exact) mass is 557 g/mol. The summed E-state index contributed by atoms with van der Waals surface area (Å²) in [5, 5.41) is 34.1. The molecule has 1 saturated heterocycles. The highest BCUT2D eigenvalue weighted by Crippen LogP contribution is 2.30. The van der Waals surface area contributed by atoms with Crippen LogP contribution in [0, 0.1) is 5.82 Å². The van der Waals surface area contributed by atoms with Crippen LogP contribution in [0.2, 0.25) is 0 Å². The van der Waals surface area contributed by atoms with Gasteiger partial charge in [-0.25, -0.2) is 14.0 Å². The molecule has 1 fully saturated rings. The molecule has 2 unspecified atom stereocenters. The minimum absolute atomic E-state index is 0.0422. The van der Waals surface area contributed by atoms with Crippen molar-refractivity contribution in [3.05, 3.63) is 53.1 Å². The predicted molar refractivity (Wildman–Crippen MR) is 133 cm³/mol. The first-order valence-corrected chi connectivity index (χ1v) is 12.2. The second-order valence-corrected chi connectivity index (χ2v) is 9.24. The molecule has 2 aliphatic rings. The summed E-state index contributed by atoms with van der Waals surface area (Å²) in [6.45, 7) is 3.46. The van der Waals surface area contributed by atoms with Gasteiger partial charge >= 0.3 is 30.9 Å². The number of nitrogens with zero attached hydrogens (tertiary/aromatic N) is 3. The fourth-order valence-corrected chi connectivity index (χ4v) is 4.57. The average molecular weight is 557 g/mol. The molecule has 0 radical (unpaired) electrons. The summed E-state index contributed by atoms with van der Waals surface area (Å²) in [6, 6.07) is 1.10. The number of carbonyl (C=O) groups is 5. The Bertz CT molecular complexity index is 1390. The fraction of sp³-hybridized carbons (Fsp3) is 0.333. The van der Waals surface area contributed by atoms with Gasteiger partial charge in [-0.3, -0.25) is 24.3 Å². The highest BCUT2D eigenvalue weighted by Gasteiger charge is 2.43. The summed E-state index contributed by atoms with van der Waals surface area (Å²) < 4.78 is 20.2. The Morgan fingerprint density at radius 2 is 2.00 bits per heavy atom. The van der Waals surface area contributed by atoms with Gasteiger partial charge < -0.3 is 35.4 Å². The van der Waals surface area contributed by atoms with Gasteiger partial charge in [0, 0.05) is 19.2 Å². The van der Waals surface area contributed by atoms with E-state index in [0.717, 1.165) is 6.20 Å². The number of hydrogen-bond acceptors (Lipinski definition) is 9. The molecule has 3 atom stereocenters. The van der Waals surface area contributed by atoms with E-state index in [1.807, 2.05) is 0 Å². The number of likely N-dealkylation sites (N-methyl/N-ethyl adjacent to an activating group) is 1. The summed E-state index contributed by atoms with van der Waals surface area (Å²) in [5.41, 5.74) is -0.461. The van der Waals surface area contributed by atoms with Crippen LogP contribution in [0.1, 0.15) is 41.5 Å². The molecule has 2 aliphatic heterocycles. The highest BCUT2D eigenvalue weighted by atomic mass is 19.1. The van der Waals surface area contributed by atoms with E-state index in [4.69, 9.17) is 4.65 Å². The molecule has 40 heavy (non-hydrogen) atoms. The van der Waals surface area contributed by atoms with Crippen LogP contribution in [-0.2, 0) is 20.8 Å². The average Bonchev–Trinajstić information content (AvgIpc) is 2.89. The Labute approximate surface area is 226 Å². The van der Waals surface area contributed by atoms with Gasteiger partial charge in [-0.2, -0.15) is 0 Å². The number of carboxylic acids is 1. The van der Waals surface area contributed by atoms with Gasteiger partial charge in [-0.05, 0) is 31.9 Å². The molecule has 4 rings (SSSR count). The molecule has 0 aliphatic carbocycles. The summed E-state index contributed by atoms with van der Waals surface area (Å²) in [5.74, 6) is -7.39. The van der Waals surface area contributed by atoms with Gasteiger partial charge in [0.1, 0.15) is 17.2 Å². The third-order valence-corrected chi connectivity index (χ3v) is 6.55. The van der Waals surface area contributed by atoms with Crippen LogP contribution in [0.25, 0.3) is 0 Å². The number of rotatable bonds is 6. The van der Waals surface area contributed by atoms with Crippen LogP contribution in [0.4, 0.5) is 9.18 Å². The first kappa shape index (κ1) is 28.3. The van der Waals surface area contributed by atoms with Gasteiger partial charge in [0.25, 0.3) is 0 Å². The number of nitrogens with one attached hydrogen (secondary N) is 2. The first-order valence-electron chi connectivity index (χ1n) is 12.2. The van der Waals surface area contributed by atoms with Crippen molar-refractivity contribution < 1.29 is 48.3 Å². The first-order chi connectivity index (χ1) is 18.9. The number of carboxylic acid groups (broad SMARTS) is 1. The molecule has 0 bridgehead atoms. The largest absolute Gasteiger partial charge is 0.547 e. The minimum Gasteiger partial charge on any atom is -0.534 e. The van der Waals surface area contributed by atoms with E-state index in [0.29, 0.717) is 16.5 Å². The topological polar surface area (TPSA) is 199 Å². The number of aromatic nitrogens is 1. The van der Waals surface area contributed by atoms with Crippen LogP contribution in [0.5, 0.6) is 11.5 Å². The maximum absolute atomic E-state index is 14.8. The number of urea groups is 1. The molecule has 16 heteroatoms. The Hall–Kier alpha value is -4.73. The number of aromatic hydroxyl groups is 1. The van der Waals surface area contributed by atoms with Crippen LogP contribution in [0.3, 0.4) is 0 Å². The number of aromatic carboxylic acids is 1. The molecular weight excluding hydrogens is 532 g/mol. The molecule has 0 spiro atoms. The van der Waals surface area contributed by atoms with Crippen molar-refractivity contribution in [3.63, 3.8) is 0 Å². The number of benzene rings is 1. The van der Waals surface area contributed by atoms with E-state index >= 15 is 0 Å². The van der Waals surface area contributed by atoms with E-state index in [1.54, 1.807) is 6.92 Å². The molecular formula is C24H25BFN5O9. The summed E-state index contributed by atoms with van der Waals surface area (Å²) in [7, 11) is -1.72. The Morgan fingerprint density at radius 1 is 1.27 bits per heavy atom. The Kier molecular flexibility index (Phi) is 7.90. The lowest BCUT2D eigenvalue weighted by Gasteiger charge is -2.37. The van der Waals surface area contributed by atoms with Crippen molar-refractivity contribution in [2.45, 2.75) is 38.3 Å². The number of para-hydroxylation sites is 1. The molecule has 2 aromatic rings. The smallest absolute Gasteiger partial charge is 0.534 e. The normalized spacial score (nSPS) is 19.4. The number of fused-ring (bicyclic) bond motifs is 1. The maximum atomic E-state index is 14.8. The van der Waals surface area contributed by atoms with Gasteiger partial charge in [0.2, 0.25) is 5.91 Å². The summed E-state index contributed by atoms with van der Waals surface area (Å²) >= 11 is 0. The zero-order chi connectivity index (χ0) is 29.3. The zero-order valence-corrected chi connectivity index (χ0v) is 21.3. The molecule has 1 aromatic carbocycles. The second-order valence-electron chi connectivity index (χ2n) is 9.24. The quantitative estimate of drug-likeness (QED) is 0.230. The van der Waals surface area contributed by atoms with E-state index in [9.17, 15) is 43.6 Å². The third-order valence-electron chi connectivity index (χ3n) is 6.55. The van der Waals surface area contributed by atoms with Crippen LogP contribution >= 0.6 is 0 Å². The third kappa shape index (κ3) is 5.38. The van der Waals surface area contributed by atoms with Crippen molar-refractivity contribution in [1.29, 1.82) is 0 Å². The minimum atomic E-state index is -1.88. The number of carbonyl (C=O) groups excluding carboxylic acids is 4. The van der Waals surface area contributed by atoms with Gasteiger partial charge in [0.05, 0.1) is 23.7 Å². The van der Waals surface area contributed by atoms with Gasteiger partial charge in [0.15, 0.2) is 11.9 Å². The molecule has 14 nitrogen and oxygen atoms in total. The zero-order valence-electron chi connectivity index (χ0n) is 21.3. The number of halogens is 1.